The fourth-order valence-corrected chi connectivity index (χ4v) is 9.70. The molecular weight excluding hydrogens is 773 g/mol. The van der Waals surface area contributed by atoms with E-state index in [4.69, 9.17) is 0 Å². The molecule has 0 amide bonds. The SMILES string of the molecule is c1ccc(-c2cccc(-c3ccc(N(c4cccc(-c5cccc(-c6cccc7c6c6ccccc6n7-c6ccccc6)c5)c4)c4ccc5c(ccc6ccccc65)c4)cc3)c2)cc1. The molecule has 0 aliphatic heterocycles. The first-order valence-corrected chi connectivity index (χ1v) is 22.0. The van der Waals surface area contributed by atoms with Gasteiger partial charge in [0.15, 0.2) is 0 Å². The zero-order valence-corrected chi connectivity index (χ0v) is 35.1. The Kier molecular flexibility index (Phi) is 9.20. The molecule has 0 aliphatic rings. The molecular formula is C62H42N2. The molecule has 0 bridgehead atoms. The first-order valence-electron chi connectivity index (χ1n) is 22.0. The Morgan fingerprint density at radius 1 is 0.266 bits per heavy atom. The summed E-state index contributed by atoms with van der Waals surface area (Å²) in [5.41, 5.74) is 16.4. The number of fused-ring (bicyclic) bond motifs is 6. The van der Waals surface area contributed by atoms with Gasteiger partial charge in [0.2, 0.25) is 0 Å². The Bertz CT molecular complexity index is 3660. The summed E-state index contributed by atoms with van der Waals surface area (Å²) in [4.78, 5) is 2.39. The van der Waals surface area contributed by atoms with Crippen molar-refractivity contribution in [3.05, 3.63) is 255 Å². The Hall–Kier alpha value is -8.46. The molecule has 300 valence electrons. The normalized spacial score (nSPS) is 11.4. The van der Waals surface area contributed by atoms with Gasteiger partial charge in [-0.05, 0) is 139 Å². The summed E-state index contributed by atoms with van der Waals surface area (Å²) in [7, 11) is 0. The van der Waals surface area contributed by atoms with Gasteiger partial charge in [-0.15, -0.1) is 0 Å². The van der Waals surface area contributed by atoms with Crippen LogP contribution in [0.25, 0.3) is 93.5 Å². The summed E-state index contributed by atoms with van der Waals surface area (Å²) in [6, 6.07) is 92.7. The highest BCUT2D eigenvalue weighted by Crippen LogP contribution is 2.42. The molecule has 2 heteroatoms. The molecule has 0 unspecified atom stereocenters. The molecule has 1 aromatic heterocycles. The molecule has 0 saturated heterocycles. The number of benzene rings is 11. The molecule has 12 aromatic rings. The second kappa shape index (κ2) is 15.8. The first kappa shape index (κ1) is 37.3. The van der Waals surface area contributed by atoms with Gasteiger partial charge >= 0.3 is 0 Å². The summed E-state index contributed by atoms with van der Waals surface area (Å²) in [6.07, 6.45) is 0. The van der Waals surface area contributed by atoms with Gasteiger partial charge in [0.05, 0.1) is 11.0 Å². The van der Waals surface area contributed by atoms with Crippen LogP contribution in [0.1, 0.15) is 0 Å². The van der Waals surface area contributed by atoms with Gasteiger partial charge in [-0.1, -0.05) is 182 Å². The largest absolute Gasteiger partial charge is 0.310 e. The lowest BCUT2D eigenvalue weighted by atomic mass is 9.95. The van der Waals surface area contributed by atoms with E-state index in [2.05, 4.69) is 264 Å². The second-order valence-electron chi connectivity index (χ2n) is 16.5. The lowest BCUT2D eigenvalue weighted by Crippen LogP contribution is -2.10. The first-order chi connectivity index (χ1) is 31.7. The van der Waals surface area contributed by atoms with Gasteiger partial charge in [-0.3, -0.25) is 0 Å². The summed E-state index contributed by atoms with van der Waals surface area (Å²) in [6.45, 7) is 0. The van der Waals surface area contributed by atoms with Crippen LogP contribution in [0, 0.1) is 0 Å². The van der Waals surface area contributed by atoms with E-state index >= 15 is 0 Å². The third kappa shape index (κ3) is 6.61. The quantitative estimate of drug-likeness (QED) is 0.139. The molecule has 0 fully saturated rings. The standard InChI is InChI=1S/C62H42N2/c1-3-15-43(16-4-1)46-18-11-19-47(39-46)44-33-35-53(36-34-44)63(55-37-38-57-51(42-55)32-31-45-17-7-8-26-56(45)57)54-25-13-21-49(41-54)48-20-12-22-50(40-48)58-28-14-30-61-62(58)59-27-9-10-29-60(59)64(61)52-23-5-2-6-24-52/h1-42H. The van der Waals surface area contributed by atoms with Crippen LogP contribution >= 0.6 is 0 Å². The van der Waals surface area contributed by atoms with Crippen LogP contribution in [0.4, 0.5) is 17.1 Å². The van der Waals surface area contributed by atoms with Crippen LogP contribution in [0.15, 0.2) is 255 Å². The summed E-state index contributed by atoms with van der Waals surface area (Å²) < 4.78 is 2.39. The van der Waals surface area contributed by atoms with E-state index in [-0.39, 0.29) is 0 Å². The predicted octanol–water partition coefficient (Wildman–Crippen LogP) is 17.2. The lowest BCUT2D eigenvalue weighted by molar-refractivity contribution is 1.18. The van der Waals surface area contributed by atoms with Crippen molar-refractivity contribution in [2.75, 3.05) is 4.90 Å². The van der Waals surface area contributed by atoms with Gasteiger partial charge in [-0.25, -0.2) is 0 Å². The Morgan fingerprint density at radius 2 is 0.781 bits per heavy atom. The maximum atomic E-state index is 2.39. The average Bonchev–Trinajstić information content (AvgIpc) is 3.72. The van der Waals surface area contributed by atoms with E-state index in [0.29, 0.717) is 0 Å². The van der Waals surface area contributed by atoms with E-state index in [0.717, 1.165) is 28.3 Å². The maximum Gasteiger partial charge on any atom is 0.0547 e. The minimum Gasteiger partial charge on any atom is -0.310 e. The van der Waals surface area contributed by atoms with Crippen molar-refractivity contribution in [3.8, 4) is 50.2 Å². The van der Waals surface area contributed by atoms with Crippen LogP contribution in [0.5, 0.6) is 0 Å². The predicted molar refractivity (Wildman–Crippen MR) is 272 cm³/mol. The number of hydrogen-bond donors (Lipinski definition) is 0. The Labute approximate surface area is 373 Å². The van der Waals surface area contributed by atoms with Gasteiger partial charge in [-0.2, -0.15) is 0 Å². The minimum absolute atomic E-state index is 1.09. The minimum atomic E-state index is 1.09. The van der Waals surface area contributed by atoms with Gasteiger partial charge in [0, 0.05) is 33.5 Å². The number of nitrogens with zero attached hydrogens (tertiary/aromatic N) is 2. The summed E-state index contributed by atoms with van der Waals surface area (Å²) in [5, 5.41) is 7.49. The molecule has 0 radical (unpaired) electrons. The van der Waals surface area contributed by atoms with Crippen molar-refractivity contribution in [3.63, 3.8) is 0 Å². The Morgan fingerprint density at radius 3 is 1.58 bits per heavy atom. The zero-order chi connectivity index (χ0) is 42.4. The molecule has 0 atom stereocenters. The number of para-hydroxylation sites is 2. The topological polar surface area (TPSA) is 8.17 Å². The van der Waals surface area contributed by atoms with Gasteiger partial charge in [0.25, 0.3) is 0 Å². The summed E-state index contributed by atoms with van der Waals surface area (Å²) >= 11 is 0. The van der Waals surface area contributed by atoms with Crippen molar-refractivity contribution in [1.82, 2.24) is 4.57 Å². The van der Waals surface area contributed by atoms with Crippen LogP contribution < -0.4 is 4.90 Å². The van der Waals surface area contributed by atoms with Crippen LogP contribution in [-0.2, 0) is 0 Å². The van der Waals surface area contributed by atoms with E-state index in [1.807, 2.05) is 0 Å². The Balaban J connectivity index is 0.963. The zero-order valence-electron chi connectivity index (χ0n) is 35.1. The van der Waals surface area contributed by atoms with E-state index in [1.165, 1.54) is 82.3 Å². The van der Waals surface area contributed by atoms with E-state index in [9.17, 15) is 0 Å². The number of anilines is 3. The highest BCUT2D eigenvalue weighted by molar-refractivity contribution is 6.16. The smallest absolute Gasteiger partial charge is 0.0547 e. The lowest BCUT2D eigenvalue weighted by Gasteiger charge is -2.27. The monoisotopic (exact) mass is 814 g/mol. The highest BCUT2D eigenvalue weighted by Gasteiger charge is 2.18. The number of aromatic nitrogens is 1. The average molecular weight is 815 g/mol. The van der Waals surface area contributed by atoms with Crippen LogP contribution in [-0.4, -0.2) is 4.57 Å². The maximum absolute atomic E-state index is 2.39. The third-order valence-corrected chi connectivity index (χ3v) is 12.7. The third-order valence-electron chi connectivity index (χ3n) is 12.7. The van der Waals surface area contributed by atoms with Crippen molar-refractivity contribution in [2.45, 2.75) is 0 Å². The molecule has 11 aromatic carbocycles. The molecule has 0 saturated carbocycles. The molecule has 2 nitrogen and oxygen atoms in total. The molecule has 0 N–H and O–H groups in total. The van der Waals surface area contributed by atoms with Crippen LogP contribution in [0.3, 0.4) is 0 Å². The number of rotatable bonds is 8. The second-order valence-corrected chi connectivity index (χ2v) is 16.5. The van der Waals surface area contributed by atoms with Gasteiger partial charge < -0.3 is 9.47 Å². The molecule has 1 heterocycles. The van der Waals surface area contributed by atoms with E-state index < -0.39 is 0 Å². The van der Waals surface area contributed by atoms with Gasteiger partial charge in [0.1, 0.15) is 0 Å². The van der Waals surface area contributed by atoms with Crippen molar-refractivity contribution in [1.29, 1.82) is 0 Å². The van der Waals surface area contributed by atoms with Crippen molar-refractivity contribution < 1.29 is 0 Å². The van der Waals surface area contributed by atoms with Crippen LogP contribution in [0.2, 0.25) is 0 Å². The molecule has 64 heavy (non-hydrogen) atoms. The molecule has 0 spiro atoms. The van der Waals surface area contributed by atoms with Crippen molar-refractivity contribution in [2.24, 2.45) is 0 Å². The molecule has 0 aliphatic carbocycles. The fraction of sp³-hybridized carbons (Fsp3) is 0. The summed E-state index contributed by atoms with van der Waals surface area (Å²) in [5.74, 6) is 0. The van der Waals surface area contributed by atoms with Crippen molar-refractivity contribution >= 4 is 60.4 Å². The molecule has 12 rings (SSSR count). The number of hydrogen-bond acceptors (Lipinski definition) is 1. The van der Waals surface area contributed by atoms with E-state index in [1.54, 1.807) is 0 Å². The highest BCUT2D eigenvalue weighted by atomic mass is 15.1. The fourth-order valence-electron chi connectivity index (χ4n) is 9.70.